The molecule has 0 radical (unpaired) electrons. The summed E-state index contributed by atoms with van der Waals surface area (Å²) < 4.78 is 0. The standard InChI is InChI=1S/C17H15N3O2/c18-11-15(10-13-4-3-8-19-12-13)17(22)20-9-7-14-5-1-2-6-16(14)21/h1-6,8,10,12,21H,7,9H2,(H,20,22). The van der Waals surface area contributed by atoms with Crippen molar-refractivity contribution in [2.24, 2.45) is 0 Å². The SMILES string of the molecule is N#CC(=Cc1cccnc1)C(=O)NCCc1ccccc1O. The Kier molecular flexibility index (Phi) is 5.27. The van der Waals surface area contributed by atoms with Gasteiger partial charge in [0.05, 0.1) is 0 Å². The number of hydrogen-bond donors (Lipinski definition) is 2. The number of carbonyl (C=O) groups excluding carboxylic acids is 1. The second kappa shape index (κ2) is 7.60. The number of hydrogen-bond acceptors (Lipinski definition) is 4. The normalized spacial score (nSPS) is 10.8. The molecule has 110 valence electrons. The molecule has 0 unspecified atom stereocenters. The predicted molar refractivity (Wildman–Crippen MR) is 82.6 cm³/mol. The molecule has 1 heterocycles. The fourth-order valence-electron chi connectivity index (χ4n) is 1.90. The maximum Gasteiger partial charge on any atom is 0.261 e. The Balaban J connectivity index is 1.95. The minimum atomic E-state index is -0.443. The molecule has 2 rings (SSSR count). The van der Waals surface area contributed by atoms with E-state index in [-0.39, 0.29) is 11.3 Å². The summed E-state index contributed by atoms with van der Waals surface area (Å²) in [6, 6.07) is 12.3. The molecule has 0 saturated heterocycles. The van der Waals surface area contributed by atoms with Crippen LogP contribution in [0.15, 0.2) is 54.4 Å². The molecule has 5 nitrogen and oxygen atoms in total. The summed E-state index contributed by atoms with van der Waals surface area (Å²) in [5, 5.41) is 21.4. The van der Waals surface area contributed by atoms with Crippen molar-refractivity contribution >= 4 is 12.0 Å². The van der Waals surface area contributed by atoms with Gasteiger partial charge in [-0.1, -0.05) is 24.3 Å². The summed E-state index contributed by atoms with van der Waals surface area (Å²) in [6.45, 7) is 0.336. The summed E-state index contributed by atoms with van der Waals surface area (Å²) in [5.74, 6) is -0.245. The third-order valence-electron chi connectivity index (χ3n) is 3.03. The van der Waals surface area contributed by atoms with E-state index in [4.69, 9.17) is 5.26 Å². The fraction of sp³-hybridized carbons (Fsp3) is 0.118. The molecule has 0 saturated carbocycles. The average Bonchev–Trinajstić information content (AvgIpc) is 2.55. The van der Waals surface area contributed by atoms with Crippen LogP contribution in [0.3, 0.4) is 0 Å². The van der Waals surface area contributed by atoms with Gasteiger partial charge in [0.2, 0.25) is 0 Å². The number of pyridine rings is 1. The third kappa shape index (κ3) is 4.18. The van der Waals surface area contributed by atoms with Crippen LogP contribution in [-0.2, 0) is 11.2 Å². The van der Waals surface area contributed by atoms with Gasteiger partial charge in [0.1, 0.15) is 17.4 Å². The number of benzene rings is 1. The molecule has 1 aromatic carbocycles. The maximum atomic E-state index is 12.0. The summed E-state index contributed by atoms with van der Waals surface area (Å²) in [4.78, 5) is 15.9. The van der Waals surface area contributed by atoms with Crippen LogP contribution < -0.4 is 5.32 Å². The fourth-order valence-corrected chi connectivity index (χ4v) is 1.90. The first-order chi connectivity index (χ1) is 10.7. The lowest BCUT2D eigenvalue weighted by Crippen LogP contribution is -2.26. The van der Waals surface area contributed by atoms with Gasteiger partial charge in [0.25, 0.3) is 5.91 Å². The molecule has 5 heteroatoms. The molecule has 0 atom stereocenters. The van der Waals surface area contributed by atoms with Crippen molar-refractivity contribution in [1.82, 2.24) is 10.3 Å². The average molecular weight is 293 g/mol. The Morgan fingerprint density at radius 1 is 1.32 bits per heavy atom. The molecule has 2 N–H and O–H groups in total. The Morgan fingerprint density at radius 2 is 2.14 bits per heavy atom. The molecule has 0 aliphatic heterocycles. The molecule has 1 aromatic heterocycles. The molecular weight excluding hydrogens is 278 g/mol. The monoisotopic (exact) mass is 293 g/mol. The summed E-state index contributed by atoms with van der Waals surface area (Å²) >= 11 is 0. The molecule has 0 bridgehead atoms. The molecule has 0 aliphatic carbocycles. The van der Waals surface area contributed by atoms with Crippen LogP contribution in [0.5, 0.6) is 5.75 Å². The van der Waals surface area contributed by atoms with E-state index in [1.807, 2.05) is 12.1 Å². The quantitative estimate of drug-likeness (QED) is 0.652. The van der Waals surface area contributed by atoms with E-state index in [2.05, 4.69) is 10.3 Å². The minimum Gasteiger partial charge on any atom is -0.508 e. The van der Waals surface area contributed by atoms with Gasteiger partial charge in [-0.3, -0.25) is 9.78 Å². The zero-order valence-electron chi connectivity index (χ0n) is 11.9. The van der Waals surface area contributed by atoms with E-state index in [1.54, 1.807) is 42.7 Å². The summed E-state index contributed by atoms with van der Waals surface area (Å²) in [5.41, 5.74) is 1.46. The number of carbonyl (C=O) groups is 1. The van der Waals surface area contributed by atoms with Crippen LogP contribution in [0, 0.1) is 11.3 Å². The highest BCUT2D eigenvalue weighted by Crippen LogP contribution is 2.15. The number of phenolic OH excluding ortho intramolecular Hbond substituents is 1. The van der Waals surface area contributed by atoms with Gasteiger partial charge in [0.15, 0.2) is 0 Å². The molecule has 22 heavy (non-hydrogen) atoms. The Hall–Kier alpha value is -3.13. The molecule has 0 fully saturated rings. The van der Waals surface area contributed by atoms with Gasteiger partial charge < -0.3 is 10.4 Å². The van der Waals surface area contributed by atoms with E-state index in [1.165, 1.54) is 6.08 Å². The van der Waals surface area contributed by atoms with E-state index in [0.29, 0.717) is 18.5 Å². The topological polar surface area (TPSA) is 86.0 Å². The molecule has 2 aromatic rings. The number of aromatic hydroxyl groups is 1. The van der Waals surface area contributed by atoms with E-state index in [0.717, 1.165) is 5.56 Å². The number of nitrogens with zero attached hydrogens (tertiary/aromatic N) is 2. The third-order valence-corrected chi connectivity index (χ3v) is 3.03. The van der Waals surface area contributed by atoms with Crippen LogP contribution in [0.4, 0.5) is 0 Å². The largest absolute Gasteiger partial charge is 0.508 e. The molecule has 0 aliphatic rings. The predicted octanol–water partition coefficient (Wildman–Crippen LogP) is 2.05. The van der Waals surface area contributed by atoms with Crippen molar-refractivity contribution in [1.29, 1.82) is 5.26 Å². The van der Waals surface area contributed by atoms with Crippen molar-refractivity contribution in [3.8, 4) is 11.8 Å². The summed E-state index contributed by atoms with van der Waals surface area (Å²) in [6.07, 6.45) is 5.18. The maximum absolute atomic E-state index is 12.0. The first-order valence-corrected chi connectivity index (χ1v) is 6.77. The second-order valence-corrected chi connectivity index (χ2v) is 4.59. The first-order valence-electron chi connectivity index (χ1n) is 6.77. The van der Waals surface area contributed by atoms with Gasteiger partial charge in [-0.05, 0) is 35.8 Å². The zero-order valence-corrected chi connectivity index (χ0v) is 11.9. The van der Waals surface area contributed by atoms with Gasteiger partial charge in [0, 0.05) is 18.9 Å². The molecular formula is C17H15N3O2. The Bertz CT molecular complexity index is 718. The lowest BCUT2D eigenvalue weighted by molar-refractivity contribution is -0.117. The van der Waals surface area contributed by atoms with E-state index >= 15 is 0 Å². The van der Waals surface area contributed by atoms with Crippen LogP contribution in [0.25, 0.3) is 6.08 Å². The Morgan fingerprint density at radius 3 is 2.82 bits per heavy atom. The lowest BCUT2D eigenvalue weighted by atomic mass is 10.1. The van der Waals surface area contributed by atoms with Crippen LogP contribution in [0.1, 0.15) is 11.1 Å². The van der Waals surface area contributed by atoms with E-state index < -0.39 is 5.91 Å². The number of nitrogens with one attached hydrogen (secondary N) is 1. The number of rotatable bonds is 5. The van der Waals surface area contributed by atoms with Gasteiger partial charge in [-0.2, -0.15) is 5.26 Å². The summed E-state index contributed by atoms with van der Waals surface area (Å²) in [7, 11) is 0. The van der Waals surface area contributed by atoms with Crippen molar-refractivity contribution in [3.63, 3.8) is 0 Å². The number of aromatic nitrogens is 1. The molecule has 1 amide bonds. The van der Waals surface area contributed by atoms with E-state index in [9.17, 15) is 9.90 Å². The number of para-hydroxylation sites is 1. The highest BCUT2D eigenvalue weighted by Gasteiger charge is 2.09. The van der Waals surface area contributed by atoms with Crippen LogP contribution in [-0.4, -0.2) is 22.5 Å². The minimum absolute atomic E-state index is 0.0188. The smallest absolute Gasteiger partial charge is 0.261 e. The van der Waals surface area contributed by atoms with Gasteiger partial charge >= 0.3 is 0 Å². The van der Waals surface area contributed by atoms with Crippen molar-refractivity contribution in [2.45, 2.75) is 6.42 Å². The second-order valence-electron chi connectivity index (χ2n) is 4.59. The number of amides is 1. The number of nitriles is 1. The van der Waals surface area contributed by atoms with Crippen molar-refractivity contribution < 1.29 is 9.90 Å². The zero-order chi connectivity index (χ0) is 15.8. The van der Waals surface area contributed by atoms with Crippen molar-refractivity contribution in [3.05, 3.63) is 65.5 Å². The highest BCUT2D eigenvalue weighted by atomic mass is 16.3. The first kappa shape index (κ1) is 15.3. The van der Waals surface area contributed by atoms with Crippen molar-refractivity contribution in [2.75, 3.05) is 6.54 Å². The Labute approximate surface area is 128 Å². The van der Waals surface area contributed by atoms with Gasteiger partial charge in [-0.15, -0.1) is 0 Å². The van der Waals surface area contributed by atoms with Gasteiger partial charge in [-0.25, -0.2) is 0 Å². The molecule has 0 spiro atoms. The lowest BCUT2D eigenvalue weighted by Gasteiger charge is -2.06. The van der Waals surface area contributed by atoms with Crippen LogP contribution in [0.2, 0.25) is 0 Å². The number of phenols is 1. The van der Waals surface area contributed by atoms with Crippen LogP contribution >= 0.6 is 0 Å². The highest BCUT2D eigenvalue weighted by molar-refractivity contribution is 6.01.